The molecule has 112 valence electrons. The summed E-state index contributed by atoms with van der Waals surface area (Å²) in [6.45, 7) is 5.15. The minimum absolute atomic E-state index is 0.115. The maximum Gasteiger partial charge on any atom is 0.332 e. The molecule has 0 spiro atoms. The van der Waals surface area contributed by atoms with E-state index in [4.69, 9.17) is 5.11 Å². The standard InChI is InChI=1S/C16H20N2O3/c1-11-5-6-12(2)14(8-11)17-15(19)10-18-7-3-4-13(9-18)16(20)21/h4-6,8H,3,7,9-10H2,1-2H3,(H,17,19)(H,20,21). The van der Waals surface area contributed by atoms with Crippen LogP contribution in [0.1, 0.15) is 17.5 Å². The lowest BCUT2D eigenvalue weighted by Crippen LogP contribution is -2.38. The summed E-state index contributed by atoms with van der Waals surface area (Å²) >= 11 is 0. The van der Waals surface area contributed by atoms with E-state index < -0.39 is 5.97 Å². The third kappa shape index (κ3) is 4.16. The zero-order valence-electron chi connectivity index (χ0n) is 12.3. The van der Waals surface area contributed by atoms with Gasteiger partial charge in [-0.3, -0.25) is 9.69 Å². The normalized spacial score (nSPS) is 15.4. The third-order valence-corrected chi connectivity index (χ3v) is 3.54. The Morgan fingerprint density at radius 2 is 2.10 bits per heavy atom. The van der Waals surface area contributed by atoms with Gasteiger partial charge in [0, 0.05) is 24.4 Å². The Kier molecular flexibility index (Phi) is 4.75. The van der Waals surface area contributed by atoms with Gasteiger partial charge in [-0.15, -0.1) is 0 Å². The smallest absolute Gasteiger partial charge is 0.332 e. The van der Waals surface area contributed by atoms with Crippen LogP contribution in [0.2, 0.25) is 0 Å². The Hall–Kier alpha value is -2.14. The molecule has 0 fully saturated rings. The van der Waals surface area contributed by atoms with Gasteiger partial charge in [0.05, 0.1) is 6.54 Å². The Bertz CT molecular complexity index is 593. The van der Waals surface area contributed by atoms with Crippen molar-refractivity contribution in [1.82, 2.24) is 4.90 Å². The summed E-state index contributed by atoms with van der Waals surface area (Å²) in [4.78, 5) is 24.9. The number of anilines is 1. The average Bonchev–Trinajstić information content (AvgIpc) is 2.43. The number of hydrogen-bond donors (Lipinski definition) is 2. The topological polar surface area (TPSA) is 69.6 Å². The van der Waals surface area contributed by atoms with Crippen LogP contribution >= 0.6 is 0 Å². The quantitative estimate of drug-likeness (QED) is 0.888. The van der Waals surface area contributed by atoms with Gasteiger partial charge in [-0.1, -0.05) is 18.2 Å². The molecule has 5 heteroatoms. The highest BCUT2D eigenvalue weighted by Crippen LogP contribution is 2.16. The Balaban J connectivity index is 1.95. The second kappa shape index (κ2) is 6.54. The number of aliphatic carboxylic acids is 1. The molecule has 0 unspecified atom stereocenters. The van der Waals surface area contributed by atoms with Crippen LogP contribution in [-0.2, 0) is 9.59 Å². The SMILES string of the molecule is Cc1ccc(C)c(NC(=O)CN2CCC=C(C(=O)O)C2)c1. The number of nitrogens with zero attached hydrogens (tertiary/aromatic N) is 1. The number of aryl methyl sites for hydroxylation is 2. The summed E-state index contributed by atoms with van der Waals surface area (Å²) in [7, 11) is 0. The molecule has 1 aliphatic rings. The molecule has 0 aliphatic carbocycles. The molecule has 0 atom stereocenters. The molecule has 1 amide bonds. The van der Waals surface area contributed by atoms with Crippen molar-refractivity contribution in [3.8, 4) is 0 Å². The third-order valence-electron chi connectivity index (χ3n) is 3.54. The van der Waals surface area contributed by atoms with Gasteiger partial charge >= 0.3 is 5.97 Å². The highest BCUT2D eigenvalue weighted by Gasteiger charge is 2.19. The highest BCUT2D eigenvalue weighted by atomic mass is 16.4. The molecule has 2 N–H and O–H groups in total. The molecule has 0 saturated heterocycles. The molecule has 1 aromatic carbocycles. The molecule has 1 aliphatic heterocycles. The Labute approximate surface area is 124 Å². The predicted molar refractivity (Wildman–Crippen MR) is 81.3 cm³/mol. The molecule has 2 rings (SSSR count). The van der Waals surface area contributed by atoms with Crippen LogP contribution in [0.15, 0.2) is 29.8 Å². The fourth-order valence-electron chi connectivity index (χ4n) is 2.36. The van der Waals surface area contributed by atoms with Crippen molar-refractivity contribution in [3.63, 3.8) is 0 Å². The van der Waals surface area contributed by atoms with Gasteiger partial charge in [0.15, 0.2) is 0 Å². The molecule has 5 nitrogen and oxygen atoms in total. The monoisotopic (exact) mass is 288 g/mol. The van der Waals surface area contributed by atoms with E-state index in [0.29, 0.717) is 25.1 Å². The number of carboxylic acid groups (broad SMARTS) is 1. The summed E-state index contributed by atoms with van der Waals surface area (Å²) in [6.07, 6.45) is 2.39. The van der Waals surface area contributed by atoms with Crippen LogP contribution in [0.25, 0.3) is 0 Å². The summed E-state index contributed by atoms with van der Waals surface area (Å²) in [6, 6.07) is 5.91. The lowest BCUT2D eigenvalue weighted by molar-refractivity contribution is -0.133. The van der Waals surface area contributed by atoms with Crippen molar-refractivity contribution in [1.29, 1.82) is 0 Å². The molecule has 0 radical (unpaired) electrons. The average molecular weight is 288 g/mol. The van der Waals surface area contributed by atoms with E-state index >= 15 is 0 Å². The number of carbonyl (C=O) groups excluding carboxylic acids is 1. The van der Waals surface area contributed by atoms with Crippen LogP contribution in [-0.4, -0.2) is 41.5 Å². The second-order valence-corrected chi connectivity index (χ2v) is 5.40. The number of nitrogens with one attached hydrogen (secondary N) is 1. The first-order valence-corrected chi connectivity index (χ1v) is 6.97. The fraction of sp³-hybridized carbons (Fsp3) is 0.375. The van der Waals surface area contributed by atoms with Gasteiger partial charge in [-0.25, -0.2) is 4.79 Å². The number of carbonyl (C=O) groups is 2. The van der Waals surface area contributed by atoms with Gasteiger partial charge in [0.25, 0.3) is 0 Å². The van der Waals surface area contributed by atoms with Crippen molar-refractivity contribution in [2.45, 2.75) is 20.3 Å². The second-order valence-electron chi connectivity index (χ2n) is 5.40. The van der Waals surface area contributed by atoms with Gasteiger partial charge in [-0.05, 0) is 37.5 Å². The number of benzene rings is 1. The van der Waals surface area contributed by atoms with Gasteiger partial charge in [-0.2, -0.15) is 0 Å². The van der Waals surface area contributed by atoms with Gasteiger partial charge in [0.1, 0.15) is 0 Å². The van der Waals surface area contributed by atoms with E-state index in [0.717, 1.165) is 16.8 Å². The molecule has 1 aromatic rings. The Morgan fingerprint density at radius 3 is 2.81 bits per heavy atom. The minimum atomic E-state index is -0.908. The first-order valence-electron chi connectivity index (χ1n) is 6.97. The fourth-order valence-corrected chi connectivity index (χ4v) is 2.36. The first-order chi connectivity index (χ1) is 9.95. The van der Waals surface area contributed by atoms with Gasteiger partial charge < -0.3 is 10.4 Å². The largest absolute Gasteiger partial charge is 0.478 e. The van der Waals surface area contributed by atoms with Crippen LogP contribution in [0, 0.1) is 13.8 Å². The zero-order chi connectivity index (χ0) is 15.4. The number of hydrogen-bond acceptors (Lipinski definition) is 3. The minimum Gasteiger partial charge on any atom is -0.478 e. The summed E-state index contributed by atoms with van der Waals surface area (Å²) in [5, 5.41) is 11.9. The van der Waals surface area contributed by atoms with Crippen molar-refractivity contribution in [2.24, 2.45) is 0 Å². The number of rotatable bonds is 4. The predicted octanol–water partition coefficient (Wildman–Crippen LogP) is 1.96. The van der Waals surface area contributed by atoms with Crippen LogP contribution in [0.5, 0.6) is 0 Å². The molecule has 0 saturated carbocycles. The zero-order valence-corrected chi connectivity index (χ0v) is 12.3. The van der Waals surface area contributed by atoms with E-state index in [1.165, 1.54) is 0 Å². The maximum absolute atomic E-state index is 12.1. The van der Waals surface area contributed by atoms with E-state index in [2.05, 4.69) is 5.32 Å². The van der Waals surface area contributed by atoms with Crippen LogP contribution in [0.4, 0.5) is 5.69 Å². The van der Waals surface area contributed by atoms with E-state index in [1.807, 2.05) is 36.9 Å². The molecular weight excluding hydrogens is 268 g/mol. The van der Waals surface area contributed by atoms with E-state index in [-0.39, 0.29) is 12.5 Å². The summed E-state index contributed by atoms with van der Waals surface area (Å²) in [5.74, 6) is -1.02. The lowest BCUT2D eigenvalue weighted by atomic mass is 10.1. The first kappa shape index (κ1) is 15.3. The van der Waals surface area contributed by atoms with Crippen molar-refractivity contribution in [2.75, 3.05) is 25.0 Å². The van der Waals surface area contributed by atoms with Crippen LogP contribution in [0.3, 0.4) is 0 Å². The van der Waals surface area contributed by atoms with E-state index in [9.17, 15) is 9.59 Å². The Morgan fingerprint density at radius 1 is 1.33 bits per heavy atom. The number of carboxylic acids is 1. The molecule has 21 heavy (non-hydrogen) atoms. The van der Waals surface area contributed by atoms with Gasteiger partial charge in [0.2, 0.25) is 5.91 Å². The number of amides is 1. The molecule has 0 bridgehead atoms. The maximum atomic E-state index is 12.1. The van der Waals surface area contributed by atoms with E-state index in [1.54, 1.807) is 6.08 Å². The lowest BCUT2D eigenvalue weighted by Gasteiger charge is -2.25. The summed E-state index contributed by atoms with van der Waals surface area (Å²) in [5.41, 5.74) is 3.27. The van der Waals surface area contributed by atoms with Crippen molar-refractivity contribution in [3.05, 3.63) is 41.0 Å². The molecular formula is C16H20N2O3. The van der Waals surface area contributed by atoms with Crippen molar-refractivity contribution >= 4 is 17.6 Å². The van der Waals surface area contributed by atoms with Crippen molar-refractivity contribution < 1.29 is 14.7 Å². The molecule has 0 aromatic heterocycles. The molecule has 1 heterocycles. The summed E-state index contributed by atoms with van der Waals surface area (Å²) < 4.78 is 0. The van der Waals surface area contributed by atoms with Crippen LogP contribution < -0.4 is 5.32 Å². The highest BCUT2D eigenvalue weighted by molar-refractivity contribution is 5.93.